The van der Waals surface area contributed by atoms with Crippen molar-refractivity contribution in [3.05, 3.63) is 66.6 Å². The zero-order chi connectivity index (χ0) is 16.4. The van der Waals surface area contributed by atoms with Gasteiger partial charge in [0, 0.05) is 18.5 Å². The highest BCUT2D eigenvalue weighted by molar-refractivity contribution is 5.86. The Balaban J connectivity index is 1.73. The molecule has 0 aliphatic rings. The summed E-state index contributed by atoms with van der Waals surface area (Å²) in [5, 5.41) is 10.1. The quantitative estimate of drug-likeness (QED) is 0.582. The van der Waals surface area contributed by atoms with E-state index in [4.69, 9.17) is 4.42 Å². The van der Waals surface area contributed by atoms with Crippen molar-refractivity contribution in [2.75, 3.05) is 0 Å². The van der Waals surface area contributed by atoms with Gasteiger partial charge in [0.05, 0.1) is 11.9 Å². The van der Waals surface area contributed by atoms with Crippen LogP contribution in [0.4, 0.5) is 5.69 Å². The van der Waals surface area contributed by atoms with Crippen molar-refractivity contribution in [3.8, 4) is 17.3 Å². The number of nitrogens with zero attached hydrogens (tertiary/aromatic N) is 4. The Labute approximate surface area is 137 Å². The van der Waals surface area contributed by atoms with Gasteiger partial charge in [0.25, 0.3) is 0 Å². The lowest BCUT2D eigenvalue weighted by Crippen LogP contribution is -1.84. The first kappa shape index (κ1) is 14.1. The Morgan fingerprint density at radius 1 is 1.00 bits per heavy atom. The lowest BCUT2D eigenvalue weighted by atomic mass is 10.2. The third-order valence-electron chi connectivity index (χ3n) is 3.39. The van der Waals surface area contributed by atoms with Crippen LogP contribution in [-0.2, 0) is 0 Å². The molecule has 0 aliphatic heterocycles. The molecule has 0 spiro atoms. The Morgan fingerprint density at radius 3 is 2.58 bits per heavy atom. The van der Waals surface area contributed by atoms with E-state index in [9.17, 15) is 5.11 Å². The van der Waals surface area contributed by atoms with Crippen LogP contribution in [0.5, 0.6) is 5.75 Å². The van der Waals surface area contributed by atoms with Crippen LogP contribution in [0.1, 0.15) is 5.69 Å². The van der Waals surface area contributed by atoms with Gasteiger partial charge in [0.2, 0.25) is 5.89 Å². The van der Waals surface area contributed by atoms with Gasteiger partial charge in [-0.25, -0.2) is 4.98 Å². The van der Waals surface area contributed by atoms with Crippen molar-refractivity contribution >= 4 is 23.0 Å². The van der Waals surface area contributed by atoms with Crippen LogP contribution in [0.2, 0.25) is 0 Å². The molecule has 3 heterocycles. The predicted molar refractivity (Wildman–Crippen MR) is 90.4 cm³/mol. The van der Waals surface area contributed by atoms with Crippen LogP contribution in [0, 0.1) is 0 Å². The zero-order valence-electron chi connectivity index (χ0n) is 12.5. The van der Waals surface area contributed by atoms with E-state index in [0.717, 1.165) is 0 Å². The number of rotatable bonds is 3. The Morgan fingerprint density at radius 2 is 1.83 bits per heavy atom. The average molecular weight is 316 g/mol. The smallest absolute Gasteiger partial charge is 0.246 e. The molecule has 0 radical (unpaired) electrons. The molecular formula is C18H12N4O2. The fourth-order valence-electron chi connectivity index (χ4n) is 2.24. The number of hydrogen-bond acceptors (Lipinski definition) is 6. The second-order valence-electron chi connectivity index (χ2n) is 5.06. The standard InChI is InChI=1S/C18H12N4O2/c23-16-10-17-15(22-18(24-17)13-6-2-4-8-20-13)9-14(16)21-11-12-5-1-3-7-19-12/h1-11,23H. The molecule has 0 saturated carbocycles. The van der Waals surface area contributed by atoms with Gasteiger partial charge in [-0.1, -0.05) is 12.1 Å². The zero-order valence-corrected chi connectivity index (χ0v) is 12.5. The van der Waals surface area contributed by atoms with E-state index in [-0.39, 0.29) is 5.75 Å². The van der Waals surface area contributed by atoms with Crippen LogP contribution >= 0.6 is 0 Å². The van der Waals surface area contributed by atoms with Gasteiger partial charge in [-0.3, -0.25) is 15.0 Å². The van der Waals surface area contributed by atoms with Crippen molar-refractivity contribution in [2.24, 2.45) is 4.99 Å². The number of hydrogen-bond donors (Lipinski definition) is 1. The number of phenolic OH excluding ortho intramolecular Hbond substituents is 1. The Kier molecular flexibility index (Phi) is 3.47. The summed E-state index contributed by atoms with van der Waals surface area (Å²) >= 11 is 0. The van der Waals surface area contributed by atoms with E-state index in [1.807, 2.05) is 36.4 Å². The fourth-order valence-corrected chi connectivity index (χ4v) is 2.24. The molecule has 0 atom stereocenters. The second kappa shape index (κ2) is 5.92. The van der Waals surface area contributed by atoms with Crippen LogP contribution in [0.25, 0.3) is 22.7 Å². The summed E-state index contributed by atoms with van der Waals surface area (Å²) in [4.78, 5) is 17.0. The highest BCUT2D eigenvalue weighted by Crippen LogP contribution is 2.33. The van der Waals surface area contributed by atoms with Crippen LogP contribution in [0.3, 0.4) is 0 Å². The topological polar surface area (TPSA) is 84.4 Å². The third-order valence-corrected chi connectivity index (χ3v) is 3.39. The number of phenols is 1. The Bertz CT molecular complexity index is 1010. The molecule has 4 rings (SSSR count). The number of aromatic nitrogens is 3. The van der Waals surface area contributed by atoms with Gasteiger partial charge in [0.1, 0.15) is 22.6 Å². The molecule has 6 nitrogen and oxygen atoms in total. The van der Waals surface area contributed by atoms with Crippen molar-refractivity contribution in [3.63, 3.8) is 0 Å². The number of fused-ring (bicyclic) bond motifs is 1. The molecule has 0 amide bonds. The number of benzene rings is 1. The monoisotopic (exact) mass is 316 g/mol. The van der Waals surface area contributed by atoms with Gasteiger partial charge in [-0.05, 0) is 30.3 Å². The van der Waals surface area contributed by atoms with Gasteiger partial charge < -0.3 is 9.52 Å². The SMILES string of the molecule is Oc1cc2oc(-c3ccccn3)nc2cc1N=Cc1ccccn1. The van der Waals surface area contributed by atoms with E-state index in [1.54, 1.807) is 24.7 Å². The molecule has 1 N–H and O–H groups in total. The van der Waals surface area contributed by atoms with Crippen molar-refractivity contribution in [1.82, 2.24) is 15.0 Å². The highest BCUT2D eigenvalue weighted by atomic mass is 16.3. The van der Waals surface area contributed by atoms with Crippen molar-refractivity contribution in [2.45, 2.75) is 0 Å². The number of aromatic hydroxyl groups is 1. The minimum Gasteiger partial charge on any atom is -0.506 e. The van der Waals surface area contributed by atoms with E-state index in [2.05, 4.69) is 19.9 Å². The summed E-state index contributed by atoms with van der Waals surface area (Å²) in [6.45, 7) is 0. The van der Waals surface area contributed by atoms with Crippen LogP contribution in [0.15, 0.2) is 70.3 Å². The molecule has 0 fully saturated rings. The molecule has 6 heteroatoms. The minimum absolute atomic E-state index is 0.0124. The lowest BCUT2D eigenvalue weighted by molar-refractivity contribution is 0.476. The van der Waals surface area contributed by atoms with Gasteiger partial charge >= 0.3 is 0 Å². The third kappa shape index (κ3) is 2.72. The number of pyridine rings is 2. The largest absolute Gasteiger partial charge is 0.506 e. The summed E-state index contributed by atoms with van der Waals surface area (Å²) in [6, 6.07) is 14.2. The first-order valence-corrected chi connectivity index (χ1v) is 7.30. The maximum Gasteiger partial charge on any atom is 0.246 e. The predicted octanol–water partition coefficient (Wildman–Crippen LogP) is 3.74. The molecule has 1 aromatic carbocycles. The number of oxazole rings is 1. The van der Waals surface area contributed by atoms with E-state index >= 15 is 0 Å². The molecular weight excluding hydrogens is 304 g/mol. The van der Waals surface area contributed by atoms with Crippen molar-refractivity contribution < 1.29 is 9.52 Å². The summed E-state index contributed by atoms with van der Waals surface area (Å²) < 4.78 is 5.65. The fraction of sp³-hybridized carbons (Fsp3) is 0. The summed E-state index contributed by atoms with van der Waals surface area (Å²) in [5.41, 5.74) is 2.80. The first-order chi connectivity index (χ1) is 11.8. The molecule has 0 aliphatic carbocycles. The van der Waals surface area contributed by atoms with Crippen molar-refractivity contribution in [1.29, 1.82) is 0 Å². The molecule has 3 aromatic heterocycles. The van der Waals surface area contributed by atoms with Crippen LogP contribution in [-0.4, -0.2) is 26.3 Å². The molecule has 116 valence electrons. The summed E-state index contributed by atoms with van der Waals surface area (Å²) in [5.74, 6) is 0.411. The molecule has 0 unspecified atom stereocenters. The molecule has 4 aromatic rings. The molecule has 0 saturated heterocycles. The van der Waals surface area contributed by atoms with E-state index < -0.39 is 0 Å². The van der Waals surface area contributed by atoms with E-state index in [1.165, 1.54) is 6.07 Å². The maximum atomic E-state index is 10.1. The number of aliphatic imine (C=N–C) groups is 1. The van der Waals surface area contributed by atoms with Gasteiger partial charge in [-0.2, -0.15) is 0 Å². The van der Waals surface area contributed by atoms with Gasteiger partial charge in [0.15, 0.2) is 5.58 Å². The highest BCUT2D eigenvalue weighted by Gasteiger charge is 2.12. The average Bonchev–Trinajstić information content (AvgIpc) is 3.04. The molecule has 24 heavy (non-hydrogen) atoms. The first-order valence-electron chi connectivity index (χ1n) is 7.30. The summed E-state index contributed by atoms with van der Waals surface area (Å²) in [7, 11) is 0. The van der Waals surface area contributed by atoms with Gasteiger partial charge in [-0.15, -0.1) is 0 Å². The lowest BCUT2D eigenvalue weighted by Gasteiger charge is -1.97. The second-order valence-corrected chi connectivity index (χ2v) is 5.06. The Hall–Kier alpha value is -3.54. The van der Waals surface area contributed by atoms with E-state index in [0.29, 0.717) is 34.1 Å². The summed E-state index contributed by atoms with van der Waals surface area (Å²) in [6.07, 6.45) is 4.94. The molecule has 0 bridgehead atoms. The normalized spacial score (nSPS) is 11.3. The maximum absolute atomic E-state index is 10.1. The minimum atomic E-state index is 0.0124. The van der Waals surface area contributed by atoms with Crippen LogP contribution < -0.4 is 0 Å².